The quantitative estimate of drug-likeness (QED) is 0.790. The molecule has 1 amide bonds. The molecule has 0 aliphatic carbocycles. The van der Waals surface area contributed by atoms with Gasteiger partial charge in [-0.05, 0) is 37.1 Å². The second kappa shape index (κ2) is 5.72. The summed E-state index contributed by atoms with van der Waals surface area (Å²) >= 11 is 1.31. The first-order valence-corrected chi connectivity index (χ1v) is 8.52. The third-order valence-electron chi connectivity index (χ3n) is 4.02. The fourth-order valence-electron chi connectivity index (χ4n) is 2.90. The van der Waals surface area contributed by atoms with E-state index in [2.05, 4.69) is 15.4 Å². The molecule has 0 unspecified atom stereocenters. The number of hydrogen-bond donors (Lipinski definition) is 1. The number of hydrogen-bond acceptors (Lipinski definition) is 6. The zero-order valence-electron chi connectivity index (χ0n) is 13.0. The lowest BCUT2D eigenvalue weighted by atomic mass is 10.0. The number of aromatic nitrogens is 3. The molecule has 1 N–H and O–H groups in total. The van der Waals surface area contributed by atoms with E-state index < -0.39 is 0 Å². The fourth-order valence-corrected chi connectivity index (χ4v) is 3.70. The summed E-state index contributed by atoms with van der Waals surface area (Å²) in [6.45, 7) is 2.65. The summed E-state index contributed by atoms with van der Waals surface area (Å²) in [4.78, 5) is 30.2. The molecule has 0 fully saturated rings. The zero-order chi connectivity index (χ0) is 16.7. The highest BCUT2D eigenvalue weighted by Gasteiger charge is 2.22. The molecule has 3 heterocycles. The van der Waals surface area contributed by atoms with E-state index in [9.17, 15) is 9.59 Å². The number of carbonyl (C=O) groups is 1. The molecular formula is C16H15N5O2S. The van der Waals surface area contributed by atoms with Gasteiger partial charge in [-0.2, -0.15) is 4.52 Å². The highest BCUT2D eigenvalue weighted by atomic mass is 32.1. The van der Waals surface area contributed by atoms with Crippen LogP contribution < -0.4 is 15.8 Å². The van der Waals surface area contributed by atoms with Crippen molar-refractivity contribution in [3.63, 3.8) is 0 Å². The van der Waals surface area contributed by atoms with Gasteiger partial charge in [-0.3, -0.25) is 9.59 Å². The van der Waals surface area contributed by atoms with Gasteiger partial charge in [0.25, 0.3) is 5.56 Å². The second-order valence-electron chi connectivity index (χ2n) is 5.49. The van der Waals surface area contributed by atoms with Crippen LogP contribution >= 0.6 is 11.3 Å². The summed E-state index contributed by atoms with van der Waals surface area (Å²) < 4.78 is 1.28. The topological polar surface area (TPSA) is 79.6 Å². The number of carbonyl (C=O) groups excluding carboxylic acids is 1. The number of anilines is 3. The molecule has 2 aromatic heterocycles. The largest absolute Gasteiger partial charge is 0.330 e. The van der Waals surface area contributed by atoms with Crippen molar-refractivity contribution in [1.29, 1.82) is 0 Å². The van der Waals surface area contributed by atoms with E-state index in [-0.39, 0.29) is 11.5 Å². The standard InChI is InChI=1S/C16H15N5O2S/c1-2-20-12-5-4-11(9-10(12)3-6-13(20)22)18-15-19-21-14(23)7-8-17-16(21)24-15/h4-5,7-9H,2-3,6H2,1H3,(H,18,19). The molecule has 1 aliphatic rings. The van der Waals surface area contributed by atoms with Crippen LogP contribution in [0.4, 0.5) is 16.5 Å². The second-order valence-corrected chi connectivity index (χ2v) is 6.45. The Morgan fingerprint density at radius 2 is 2.12 bits per heavy atom. The number of aryl methyl sites for hydroxylation is 1. The minimum Gasteiger partial charge on any atom is -0.330 e. The van der Waals surface area contributed by atoms with Crippen LogP contribution in [0.15, 0.2) is 35.3 Å². The number of amides is 1. The van der Waals surface area contributed by atoms with Crippen LogP contribution in [0.25, 0.3) is 4.96 Å². The van der Waals surface area contributed by atoms with Gasteiger partial charge in [-0.25, -0.2) is 4.98 Å². The average molecular weight is 341 g/mol. The highest BCUT2D eigenvalue weighted by Crippen LogP contribution is 2.31. The lowest BCUT2D eigenvalue weighted by Crippen LogP contribution is -2.34. The summed E-state index contributed by atoms with van der Waals surface area (Å²) in [6.07, 6.45) is 2.75. The van der Waals surface area contributed by atoms with Crippen molar-refractivity contribution in [1.82, 2.24) is 14.6 Å². The van der Waals surface area contributed by atoms with Crippen LogP contribution in [0.5, 0.6) is 0 Å². The molecule has 0 saturated carbocycles. The Kier molecular flexibility index (Phi) is 3.53. The summed E-state index contributed by atoms with van der Waals surface area (Å²) in [6, 6.07) is 7.29. The Bertz CT molecular complexity index is 994. The van der Waals surface area contributed by atoms with Gasteiger partial charge >= 0.3 is 0 Å². The van der Waals surface area contributed by atoms with Gasteiger partial charge in [-0.1, -0.05) is 11.3 Å². The van der Waals surface area contributed by atoms with Crippen LogP contribution in [0, 0.1) is 0 Å². The first-order valence-electron chi connectivity index (χ1n) is 7.71. The Morgan fingerprint density at radius 3 is 2.92 bits per heavy atom. The predicted molar refractivity (Wildman–Crippen MR) is 93.2 cm³/mol. The molecule has 4 rings (SSSR count). The normalized spacial score (nSPS) is 14.0. The number of fused-ring (bicyclic) bond motifs is 2. The molecule has 3 aromatic rings. The Morgan fingerprint density at radius 1 is 1.25 bits per heavy atom. The van der Waals surface area contributed by atoms with Gasteiger partial charge in [0.05, 0.1) is 0 Å². The molecule has 24 heavy (non-hydrogen) atoms. The average Bonchev–Trinajstić information content (AvgIpc) is 2.99. The summed E-state index contributed by atoms with van der Waals surface area (Å²) in [5.41, 5.74) is 2.79. The minimum absolute atomic E-state index is 0.169. The Balaban J connectivity index is 1.66. The van der Waals surface area contributed by atoms with Crippen LogP contribution in [0.1, 0.15) is 18.9 Å². The Labute approximate surface area is 141 Å². The van der Waals surface area contributed by atoms with E-state index in [1.54, 1.807) is 0 Å². The smallest absolute Gasteiger partial charge is 0.275 e. The van der Waals surface area contributed by atoms with Gasteiger partial charge in [0, 0.05) is 36.6 Å². The maximum absolute atomic E-state index is 12.0. The van der Waals surface area contributed by atoms with E-state index in [0.717, 1.165) is 23.4 Å². The first-order chi connectivity index (χ1) is 11.7. The molecule has 0 atom stereocenters. The molecule has 7 nitrogen and oxygen atoms in total. The van der Waals surface area contributed by atoms with Crippen molar-refractivity contribution < 1.29 is 4.79 Å². The van der Waals surface area contributed by atoms with Gasteiger partial charge in [0.1, 0.15) is 0 Å². The molecule has 0 spiro atoms. The summed E-state index contributed by atoms with van der Waals surface area (Å²) in [5, 5.41) is 8.07. The van der Waals surface area contributed by atoms with Crippen LogP contribution in [0.3, 0.4) is 0 Å². The Hall–Kier alpha value is -2.74. The summed E-state index contributed by atoms with van der Waals surface area (Å²) in [5.74, 6) is 0.169. The molecule has 0 saturated heterocycles. The molecule has 0 bridgehead atoms. The van der Waals surface area contributed by atoms with Gasteiger partial charge in [-0.15, -0.1) is 5.10 Å². The number of benzene rings is 1. The van der Waals surface area contributed by atoms with Crippen molar-refractivity contribution in [2.75, 3.05) is 16.8 Å². The maximum Gasteiger partial charge on any atom is 0.275 e. The van der Waals surface area contributed by atoms with E-state index in [0.29, 0.717) is 23.1 Å². The molecule has 122 valence electrons. The fraction of sp³-hybridized carbons (Fsp3) is 0.250. The molecule has 1 aromatic carbocycles. The van der Waals surface area contributed by atoms with E-state index in [1.165, 1.54) is 28.1 Å². The minimum atomic E-state index is -0.202. The molecule has 1 aliphatic heterocycles. The van der Waals surface area contributed by atoms with Crippen LogP contribution in [-0.4, -0.2) is 27.0 Å². The lowest BCUT2D eigenvalue weighted by Gasteiger charge is -2.28. The molecule has 0 radical (unpaired) electrons. The van der Waals surface area contributed by atoms with Crippen molar-refractivity contribution in [3.05, 3.63) is 46.4 Å². The van der Waals surface area contributed by atoms with E-state index in [4.69, 9.17) is 0 Å². The third kappa shape index (κ3) is 2.44. The van der Waals surface area contributed by atoms with E-state index >= 15 is 0 Å². The van der Waals surface area contributed by atoms with Gasteiger partial charge in [0.15, 0.2) is 0 Å². The monoisotopic (exact) mass is 341 g/mol. The van der Waals surface area contributed by atoms with Gasteiger partial charge < -0.3 is 10.2 Å². The maximum atomic E-state index is 12.0. The first kappa shape index (κ1) is 14.8. The number of rotatable bonds is 3. The van der Waals surface area contributed by atoms with Crippen molar-refractivity contribution in [2.24, 2.45) is 0 Å². The van der Waals surface area contributed by atoms with Crippen molar-refractivity contribution in [2.45, 2.75) is 19.8 Å². The van der Waals surface area contributed by atoms with Crippen LogP contribution in [-0.2, 0) is 11.2 Å². The van der Waals surface area contributed by atoms with Crippen molar-refractivity contribution in [3.8, 4) is 0 Å². The van der Waals surface area contributed by atoms with E-state index in [1.807, 2.05) is 30.0 Å². The molecule has 8 heteroatoms. The van der Waals surface area contributed by atoms with Gasteiger partial charge in [0.2, 0.25) is 16.0 Å². The number of nitrogens with zero attached hydrogens (tertiary/aromatic N) is 4. The SMILES string of the molecule is CCN1C(=O)CCc2cc(Nc3nn4c(=O)ccnc4s3)ccc21. The third-order valence-corrected chi connectivity index (χ3v) is 4.86. The zero-order valence-corrected chi connectivity index (χ0v) is 13.8. The lowest BCUT2D eigenvalue weighted by molar-refractivity contribution is -0.118. The number of nitrogens with one attached hydrogen (secondary N) is 1. The summed E-state index contributed by atoms with van der Waals surface area (Å²) in [7, 11) is 0. The van der Waals surface area contributed by atoms with Crippen molar-refractivity contribution >= 4 is 38.7 Å². The highest BCUT2D eigenvalue weighted by molar-refractivity contribution is 7.20. The predicted octanol–water partition coefficient (Wildman–Crippen LogP) is 2.19. The molecular weight excluding hydrogens is 326 g/mol. The van der Waals surface area contributed by atoms with Crippen LogP contribution in [0.2, 0.25) is 0 Å².